The Hall–Kier alpha value is -2.81. The van der Waals surface area contributed by atoms with Crippen molar-refractivity contribution >= 4 is 11.8 Å². The van der Waals surface area contributed by atoms with E-state index in [1.54, 1.807) is 24.0 Å². The third-order valence-corrected chi connectivity index (χ3v) is 4.84. The van der Waals surface area contributed by atoms with Gasteiger partial charge in [0.1, 0.15) is 0 Å². The van der Waals surface area contributed by atoms with E-state index in [1.165, 1.54) is 6.20 Å². The van der Waals surface area contributed by atoms with Gasteiger partial charge in [0, 0.05) is 37.0 Å². The number of nitrogens with zero attached hydrogens (tertiary/aromatic N) is 2. The van der Waals surface area contributed by atoms with Gasteiger partial charge in [-0.3, -0.25) is 9.59 Å². The van der Waals surface area contributed by atoms with Crippen LogP contribution in [0.3, 0.4) is 0 Å². The molecule has 0 bridgehead atoms. The number of carbonyl (C=O) groups is 2. The minimum atomic E-state index is -2.58. The zero-order valence-corrected chi connectivity index (χ0v) is 16.0. The van der Waals surface area contributed by atoms with E-state index in [9.17, 15) is 18.4 Å². The van der Waals surface area contributed by atoms with Gasteiger partial charge in [-0.15, -0.1) is 0 Å². The van der Waals surface area contributed by atoms with E-state index >= 15 is 0 Å². The Kier molecular flexibility index (Phi) is 6.58. The summed E-state index contributed by atoms with van der Waals surface area (Å²) < 4.78 is 29.6. The molecule has 0 saturated heterocycles. The van der Waals surface area contributed by atoms with Crippen LogP contribution in [0.5, 0.6) is 5.88 Å². The summed E-state index contributed by atoms with van der Waals surface area (Å²) in [5.74, 6) is -0.654. The van der Waals surface area contributed by atoms with Crippen LogP contribution in [0.25, 0.3) is 0 Å². The smallest absolute Gasteiger partial charge is 0.272 e. The predicted octanol–water partition coefficient (Wildman–Crippen LogP) is 1.36. The van der Waals surface area contributed by atoms with Crippen LogP contribution in [0.1, 0.15) is 17.5 Å². The lowest BCUT2D eigenvalue weighted by molar-refractivity contribution is -0.126. The Morgan fingerprint density at radius 3 is 2.97 bits per heavy atom. The lowest BCUT2D eigenvalue weighted by Gasteiger charge is -2.21. The molecule has 3 rings (SSSR count). The van der Waals surface area contributed by atoms with Gasteiger partial charge in [-0.25, -0.2) is 13.8 Å². The Morgan fingerprint density at radius 2 is 2.28 bits per heavy atom. The van der Waals surface area contributed by atoms with Gasteiger partial charge in [-0.1, -0.05) is 12.2 Å². The highest BCUT2D eigenvalue weighted by molar-refractivity contribution is 6.02. The van der Waals surface area contributed by atoms with Crippen molar-refractivity contribution in [3.05, 3.63) is 46.7 Å². The van der Waals surface area contributed by atoms with E-state index in [2.05, 4.69) is 10.3 Å². The molecule has 0 spiro atoms. The molecule has 7 nitrogen and oxygen atoms in total. The SMILES string of the molecule is Cc1cc(CN2CC3=C(C=CCC3C(=O)NCCO)C2=O)cnc1OCC(F)F. The molecular weight excluding hydrogens is 384 g/mol. The zero-order valence-electron chi connectivity index (χ0n) is 16.0. The van der Waals surface area contributed by atoms with Gasteiger partial charge >= 0.3 is 0 Å². The fraction of sp³-hybridized carbons (Fsp3) is 0.450. The molecule has 2 heterocycles. The average Bonchev–Trinajstić information content (AvgIpc) is 3.01. The molecule has 156 valence electrons. The topological polar surface area (TPSA) is 91.8 Å². The number of nitrogens with one attached hydrogen (secondary N) is 1. The number of aliphatic hydroxyl groups is 1. The van der Waals surface area contributed by atoms with Crippen molar-refractivity contribution in [2.45, 2.75) is 26.3 Å². The van der Waals surface area contributed by atoms with E-state index in [1.807, 2.05) is 6.08 Å². The molecule has 9 heteroatoms. The molecule has 2 amide bonds. The van der Waals surface area contributed by atoms with Gasteiger partial charge in [0.05, 0.1) is 12.5 Å². The Morgan fingerprint density at radius 1 is 1.48 bits per heavy atom. The number of rotatable bonds is 8. The van der Waals surface area contributed by atoms with Crippen LogP contribution in [0.2, 0.25) is 0 Å². The second kappa shape index (κ2) is 9.13. The molecule has 1 unspecified atom stereocenters. The molecule has 1 aromatic heterocycles. The number of ether oxygens (including phenoxy) is 1. The molecule has 1 aliphatic heterocycles. The van der Waals surface area contributed by atoms with Crippen LogP contribution in [0.15, 0.2) is 35.6 Å². The second-order valence-corrected chi connectivity index (χ2v) is 6.97. The van der Waals surface area contributed by atoms with E-state index in [0.717, 1.165) is 11.1 Å². The van der Waals surface area contributed by atoms with Crippen LogP contribution in [-0.2, 0) is 16.1 Å². The molecule has 0 aromatic carbocycles. The maximum Gasteiger partial charge on any atom is 0.272 e. The van der Waals surface area contributed by atoms with Crippen molar-refractivity contribution in [1.82, 2.24) is 15.2 Å². The standard InChI is InChI=1S/C20H23F2N3O4/c1-12-7-13(8-24-19(12)29-11-17(21)22)9-25-10-16-14(18(27)23-5-6-26)3-2-4-15(16)20(25)28/h2,4,7-8,14,17,26H,3,5-6,9-11H2,1H3,(H,23,27). The maximum absolute atomic E-state index is 12.8. The van der Waals surface area contributed by atoms with E-state index in [4.69, 9.17) is 9.84 Å². The highest BCUT2D eigenvalue weighted by Gasteiger charge is 2.37. The first-order chi connectivity index (χ1) is 13.9. The summed E-state index contributed by atoms with van der Waals surface area (Å²) in [4.78, 5) is 30.8. The fourth-order valence-electron chi connectivity index (χ4n) is 3.53. The lowest BCUT2D eigenvalue weighted by atomic mass is 9.87. The summed E-state index contributed by atoms with van der Waals surface area (Å²) in [6, 6.07) is 1.75. The number of alkyl halides is 2. The molecular formula is C20H23F2N3O4. The highest BCUT2D eigenvalue weighted by atomic mass is 19.3. The molecule has 1 aromatic rings. The zero-order chi connectivity index (χ0) is 21.0. The first kappa shape index (κ1) is 20.9. The van der Waals surface area contributed by atoms with Gasteiger partial charge < -0.3 is 20.1 Å². The predicted molar refractivity (Wildman–Crippen MR) is 100 cm³/mol. The lowest BCUT2D eigenvalue weighted by Crippen LogP contribution is -2.35. The van der Waals surface area contributed by atoms with Crippen LogP contribution < -0.4 is 10.1 Å². The number of aliphatic hydroxyl groups excluding tert-OH is 1. The molecule has 2 N–H and O–H groups in total. The number of aryl methyl sites for hydroxylation is 1. The monoisotopic (exact) mass is 407 g/mol. The number of pyridine rings is 1. The minimum Gasteiger partial charge on any atom is -0.471 e. The van der Waals surface area contributed by atoms with Crippen molar-refractivity contribution < 1.29 is 28.2 Å². The van der Waals surface area contributed by atoms with Crippen molar-refractivity contribution in [2.24, 2.45) is 5.92 Å². The summed E-state index contributed by atoms with van der Waals surface area (Å²) in [5.41, 5.74) is 2.65. The number of hydrogen-bond donors (Lipinski definition) is 2. The molecule has 0 saturated carbocycles. The highest BCUT2D eigenvalue weighted by Crippen LogP contribution is 2.33. The van der Waals surface area contributed by atoms with Crippen molar-refractivity contribution in [3.63, 3.8) is 0 Å². The first-order valence-corrected chi connectivity index (χ1v) is 9.34. The Bertz CT molecular complexity index is 854. The largest absolute Gasteiger partial charge is 0.471 e. The van der Waals surface area contributed by atoms with Crippen LogP contribution >= 0.6 is 0 Å². The Labute approximate surface area is 167 Å². The summed E-state index contributed by atoms with van der Waals surface area (Å²) in [5, 5.41) is 11.6. The molecule has 2 aliphatic rings. The first-order valence-electron chi connectivity index (χ1n) is 9.34. The van der Waals surface area contributed by atoms with Crippen LogP contribution in [0, 0.1) is 12.8 Å². The second-order valence-electron chi connectivity index (χ2n) is 6.97. The molecule has 1 aliphatic carbocycles. The number of allylic oxidation sites excluding steroid dienone is 1. The van der Waals surface area contributed by atoms with Gasteiger partial charge in [0.15, 0.2) is 6.61 Å². The third kappa shape index (κ3) is 4.79. The minimum absolute atomic E-state index is 0.141. The molecule has 29 heavy (non-hydrogen) atoms. The van der Waals surface area contributed by atoms with Gasteiger partial charge in [0.2, 0.25) is 11.8 Å². The third-order valence-electron chi connectivity index (χ3n) is 4.84. The van der Waals surface area contributed by atoms with Gasteiger partial charge in [-0.05, 0) is 30.5 Å². The van der Waals surface area contributed by atoms with E-state index in [0.29, 0.717) is 24.1 Å². The maximum atomic E-state index is 12.8. The van der Waals surface area contributed by atoms with Crippen molar-refractivity contribution in [3.8, 4) is 5.88 Å². The van der Waals surface area contributed by atoms with E-state index in [-0.39, 0.29) is 37.4 Å². The van der Waals surface area contributed by atoms with Gasteiger partial charge in [0.25, 0.3) is 12.3 Å². The molecule has 0 radical (unpaired) electrons. The summed E-state index contributed by atoms with van der Waals surface area (Å²) in [6.45, 7) is 1.63. The number of amides is 2. The van der Waals surface area contributed by atoms with Crippen LogP contribution in [0.4, 0.5) is 8.78 Å². The average molecular weight is 407 g/mol. The number of carbonyl (C=O) groups excluding carboxylic acids is 2. The fourth-order valence-corrected chi connectivity index (χ4v) is 3.53. The number of hydrogen-bond acceptors (Lipinski definition) is 5. The van der Waals surface area contributed by atoms with Crippen molar-refractivity contribution in [2.75, 3.05) is 26.3 Å². The van der Waals surface area contributed by atoms with Crippen molar-refractivity contribution in [1.29, 1.82) is 0 Å². The molecule has 1 atom stereocenters. The summed E-state index contributed by atoms with van der Waals surface area (Å²) >= 11 is 0. The van der Waals surface area contributed by atoms with Gasteiger partial charge in [-0.2, -0.15) is 0 Å². The molecule has 0 fully saturated rings. The Balaban J connectivity index is 1.68. The number of halogens is 2. The summed E-state index contributed by atoms with van der Waals surface area (Å²) in [6.07, 6.45) is 2.99. The van der Waals surface area contributed by atoms with E-state index < -0.39 is 19.0 Å². The quantitative estimate of drug-likeness (QED) is 0.679. The normalized spacial score (nSPS) is 18.4. The summed E-state index contributed by atoms with van der Waals surface area (Å²) in [7, 11) is 0. The number of aromatic nitrogens is 1. The van der Waals surface area contributed by atoms with Crippen LogP contribution in [-0.4, -0.2) is 59.5 Å².